The average Bonchev–Trinajstić information content (AvgIpc) is 3.31. The number of carbonyl (C=O) groups is 1. The second-order valence-corrected chi connectivity index (χ2v) is 6.66. The molecule has 0 unspecified atom stereocenters. The summed E-state index contributed by atoms with van der Waals surface area (Å²) in [6.45, 7) is 0.465. The first-order chi connectivity index (χ1) is 14.6. The normalized spacial score (nSPS) is 10.7. The molecule has 0 spiro atoms. The third kappa shape index (κ3) is 4.27. The van der Waals surface area contributed by atoms with Gasteiger partial charge in [-0.15, -0.1) is 0 Å². The molecule has 2 N–H and O–H groups in total. The van der Waals surface area contributed by atoms with Gasteiger partial charge in [-0.2, -0.15) is 5.10 Å². The Kier molecular flexibility index (Phi) is 5.38. The largest absolute Gasteiger partial charge is 0.352 e. The molecule has 0 atom stereocenters. The fraction of sp³-hybridized carbons (Fsp3) is 0.0909. The van der Waals surface area contributed by atoms with Crippen molar-refractivity contribution >= 4 is 5.91 Å². The summed E-state index contributed by atoms with van der Waals surface area (Å²) in [5, 5.41) is 9.52. The van der Waals surface area contributed by atoms with Crippen LogP contribution in [0.2, 0.25) is 0 Å². The van der Waals surface area contributed by atoms with Gasteiger partial charge in [0.25, 0.3) is 17.0 Å². The summed E-state index contributed by atoms with van der Waals surface area (Å²) in [4.78, 5) is 36.0. The Balaban J connectivity index is 1.39. The molecule has 0 saturated heterocycles. The number of hydrogen-bond acceptors (Lipinski definition) is 4. The molecule has 2 aromatic carbocycles. The van der Waals surface area contributed by atoms with Gasteiger partial charge in [-0.3, -0.25) is 19.5 Å². The van der Waals surface area contributed by atoms with Crippen molar-refractivity contribution in [2.75, 3.05) is 6.54 Å². The first-order valence-corrected chi connectivity index (χ1v) is 9.40. The topological polar surface area (TPSA) is 102 Å². The van der Waals surface area contributed by atoms with Crippen LogP contribution in [-0.4, -0.2) is 32.0 Å². The summed E-state index contributed by atoms with van der Waals surface area (Å²) in [5.74, 6) is -0.253. The Morgan fingerprint density at radius 3 is 2.57 bits per heavy atom. The van der Waals surface area contributed by atoms with Gasteiger partial charge in [0, 0.05) is 36.6 Å². The van der Waals surface area contributed by atoms with Crippen molar-refractivity contribution in [1.29, 1.82) is 0 Å². The van der Waals surface area contributed by atoms with E-state index < -0.39 is 5.56 Å². The zero-order valence-corrected chi connectivity index (χ0v) is 16.0. The van der Waals surface area contributed by atoms with Gasteiger partial charge in [0.05, 0.1) is 11.4 Å². The number of aromatic nitrogens is 4. The highest BCUT2D eigenvalue weighted by Gasteiger charge is 2.08. The van der Waals surface area contributed by atoms with Gasteiger partial charge in [0.2, 0.25) is 0 Å². The summed E-state index contributed by atoms with van der Waals surface area (Å²) in [7, 11) is 0. The highest BCUT2D eigenvalue weighted by atomic mass is 16.2. The van der Waals surface area contributed by atoms with Crippen LogP contribution in [0.3, 0.4) is 0 Å². The van der Waals surface area contributed by atoms with E-state index in [9.17, 15) is 14.4 Å². The maximum Gasteiger partial charge on any atom is 0.269 e. The van der Waals surface area contributed by atoms with Crippen LogP contribution < -0.4 is 16.4 Å². The first-order valence-electron chi connectivity index (χ1n) is 9.40. The average molecular weight is 401 g/mol. The molecular formula is C22H19N5O3. The Labute approximate surface area is 171 Å². The molecule has 8 nitrogen and oxygen atoms in total. The van der Waals surface area contributed by atoms with Crippen LogP contribution in [-0.2, 0) is 6.42 Å². The minimum atomic E-state index is -0.400. The molecule has 0 saturated carbocycles. The standard InChI is InChI=1S/C22H19N5O3/c28-20-9-10-21(29)27(25-20)19-4-1-3-17(15-19)22(30)23-13-11-16-5-7-18(8-6-16)26-14-2-12-24-26/h1-10,12,14-15H,11,13H2,(H,23,30)(H,25,28). The second-order valence-electron chi connectivity index (χ2n) is 6.66. The van der Waals surface area contributed by atoms with Crippen LogP contribution in [0.1, 0.15) is 15.9 Å². The number of aromatic amines is 1. The van der Waals surface area contributed by atoms with Gasteiger partial charge < -0.3 is 5.32 Å². The van der Waals surface area contributed by atoms with Gasteiger partial charge in [-0.25, -0.2) is 9.36 Å². The molecule has 4 rings (SSSR count). The lowest BCUT2D eigenvalue weighted by Crippen LogP contribution is -2.28. The lowest BCUT2D eigenvalue weighted by Gasteiger charge is -2.09. The predicted octanol–water partition coefficient (Wildman–Crippen LogP) is 1.68. The number of H-pyrrole nitrogens is 1. The fourth-order valence-corrected chi connectivity index (χ4v) is 3.06. The van der Waals surface area contributed by atoms with E-state index >= 15 is 0 Å². The maximum absolute atomic E-state index is 12.5. The minimum Gasteiger partial charge on any atom is -0.352 e. The fourth-order valence-electron chi connectivity index (χ4n) is 3.06. The van der Waals surface area contributed by atoms with Crippen LogP contribution in [0.25, 0.3) is 11.4 Å². The number of nitrogens with one attached hydrogen (secondary N) is 2. The van der Waals surface area contributed by atoms with E-state index in [2.05, 4.69) is 15.5 Å². The smallest absolute Gasteiger partial charge is 0.269 e. The van der Waals surface area contributed by atoms with E-state index in [1.165, 1.54) is 6.07 Å². The molecule has 8 heteroatoms. The third-order valence-corrected chi connectivity index (χ3v) is 4.59. The van der Waals surface area contributed by atoms with Crippen molar-refractivity contribution in [2.45, 2.75) is 6.42 Å². The Morgan fingerprint density at radius 1 is 0.967 bits per heavy atom. The molecule has 0 bridgehead atoms. The van der Waals surface area contributed by atoms with Crippen molar-refractivity contribution in [3.63, 3.8) is 0 Å². The highest BCUT2D eigenvalue weighted by Crippen LogP contribution is 2.10. The van der Waals surface area contributed by atoms with Crippen molar-refractivity contribution < 1.29 is 4.79 Å². The zero-order chi connectivity index (χ0) is 20.9. The van der Waals surface area contributed by atoms with Crippen molar-refractivity contribution in [3.8, 4) is 11.4 Å². The quantitative estimate of drug-likeness (QED) is 0.513. The lowest BCUT2D eigenvalue weighted by molar-refractivity contribution is 0.0954. The molecule has 2 heterocycles. The summed E-state index contributed by atoms with van der Waals surface area (Å²) in [6, 6.07) is 18.7. The van der Waals surface area contributed by atoms with Gasteiger partial charge in [-0.1, -0.05) is 18.2 Å². The maximum atomic E-state index is 12.5. The van der Waals surface area contributed by atoms with Crippen molar-refractivity contribution in [3.05, 3.63) is 111 Å². The van der Waals surface area contributed by atoms with Gasteiger partial charge in [-0.05, 0) is 48.4 Å². The zero-order valence-electron chi connectivity index (χ0n) is 16.0. The molecule has 0 radical (unpaired) electrons. The molecule has 0 aliphatic carbocycles. The van der Waals surface area contributed by atoms with E-state index in [1.807, 2.05) is 36.5 Å². The Hall–Kier alpha value is -4.20. The second kappa shape index (κ2) is 8.44. The van der Waals surface area contributed by atoms with E-state index in [0.29, 0.717) is 24.2 Å². The molecule has 1 amide bonds. The third-order valence-electron chi connectivity index (χ3n) is 4.59. The number of hydrogen-bond donors (Lipinski definition) is 2. The Bertz CT molecular complexity index is 1270. The van der Waals surface area contributed by atoms with Crippen LogP contribution in [0.4, 0.5) is 0 Å². The number of rotatable bonds is 6. The molecule has 2 aromatic heterocycles. The molecule has 0 aliphatic heterocycles. The van der Waals surface area contributed by atoms with Crippen molar-refractivity contribution in [2.24, 2.45) is 0 Å². The van der Waals surface area contributed by atoms with E-state index in [4.69, 9.17) is 0 Å². The summed E-state index contributed by atoms with van der Waals surface area (Å²) in [6.07, 6.45) is 4.28. The van der Waals surface area contributed by atoms with Crippen LogP contribution in [0.15, 0.2) is 88.7 Å². The first kappa shape index (κ1) is 19.1. The summed E-state index contributed by atoms with van der Waals surface area (Å²) >= 11 is 0. The summed E-state index contributed by atoms with van der Waals surface area (Å²) < 4.78 is 2.89. The lowest BCUT2D eigenvalue weighted by atomic mass is 10.1. The molecule has 0 aliphatic rings. The van der Waals surface area contributed by atoms with Crippen LogP contribution in [0, 0.1) is 0 Å². The van der Waals surface area contributed by atoms with Crippen LogP contribution in [0.5, 0.6) is 0 Å². The number of carbonyl (C=O) groups excluding carboxylic acids is 1. The number of nitrogens with zero attached hydrogens (tertiary/aromatic N) is 3. The molecular weight excluding hydrogens is 382 g/mol. The van der Waals surface area contributed by atoms with Gasteiger partial charge in [0.1, 0.15) is 0 Å². The molecule has 30 heavy (non-hydrogen) atoms. The van der Waals surface area contributed by atoms with E-state index in [-0.39, 0.29) is 11.5 Å². The van der Waals surface area contributed by atoms with Crippen LogP contribution >= 0.6 is 0 Å². The molecule has 0 fully saturated rings. The molecule has 4 aromatic rings. The monoisotopic (exact) mass is 401 g/mol. The van der Waals surface area contributed by atoms with E-state index in [1.54, 1.807) is 35.1 Å². The predicted molar refractivity (Wildman–Crippen MR) is 112 cm³/mol. The summed E-state index contributed by atoms with van der Waals surface area (Å²) in [5.41, 5.74) is 2.10. The van der Waals surface area contributed by atoms with Crippen molar-refractivity contribution in [1.82, 2.24) is 24.9 Å². The highest BCUT2D eigenvalue weighted by molar-refractivity contribution is 5.94. The molecule has 150 valence electrons. The number of amides is 1. The Morgan fingerprint density at radius 2 is 1.80 bits per heavy atom. The minimum absolute atomic E-state index is 0.253. The van der Waals surface area contributed by atoms with Gasteiger partial charge >= 0.3 is 0 Å². The SMILES string of the molecule is O=C(NCCc1ccc(-n2cccn2)cc1)c1cccc(-n2[nH]c(=O)ccc2=O)c1. The van der Waals surface area contributed by atoms with Gasteiger partial charge in [0.15, 0.2) is 0 Å². The van der Waals surface area contributed by atoms with E-state index in [0.717, 1.165) is 22.0 Å². The number of benzene rings is 2.